The standard InChI is InChI=1S/C31H38N8O2/c1-4-30(40)38-22-39(23-38)37(3)15-13-32-26-17-24-18-27(20-26)34-31-33-12-11-29(35-31)25-9-8-10-28(19-25)41-16-7-5-6-14-36(2)21-24/h4-6,8-12,17-20,32H,1,7,13-16,21-23H2,2-3H3,(H,33,34,35)/b6-5+. The second-order valence-corrected chi connectivity index (χ2v) is 10.3. The van der Waals surface area contributed by atoms with Crippen molar-refractivity contribution in [3.8, 4) is 17.0 Å². The number of ether oxygens (including phenoxy) is 1. The molecule has 2 aromatic carbocycles. The van der Waals surface area contributed by atoms with Crippen LogP contribution in [0.1, 0.15) is 12.0 Å². The van der Waals surface area contributed by atoms with E-state index in [1.165, 1.54) is 11.6 Å². The van der Waals surface area contributed by atoms with Gasteiger partial charge in [0.25, 0.3) is 0 Å². The zero-order valence-electron chi connectivity index (χ0n) is 23.8. The largest absolute Gasteiger partial charge is 0.493 e. The van der Waals surface area contributed by atoms with Crippen LogP contribution in [0.5, 0.6) is 5.75 Å². The minimum atomic E-state index is -0.0367. The molecule has 214 valence electrons. The number of nitrogens with zero attached hydrogens (tertiary/aromatic N) is 6. The van der Waals surface area contributed by atoms with Crippen LogP contribution in [0.4, 0.5) is 17.3 Å². The Kier molecular flexibility index (Phi) is 9.25. The van der Waals surface area contributed by atoms with Crippen LogP contribution in [0.25, 0.3) is 11.3 Å². The average Bonchev–Trinajstić information content (AvgIpc) is 2.94. The van der Waals surface area contributed by atoms with Crippen LogP contribution >= 0.6 is 0 Å². The Labute approximate surface area is 241 Å². The van der Waals surface area contributed by atoms with E-state index in [9.17, 15) is 4.79 Å². The Morgan fingerprint density at radius 1 is 1.20 bits per heavy atom. The summed E-state index contributed by atoms with van der Waals surface area (Å²) in [6.07, 6.45) is 8.34. The maximum Gasteiger partial charge on any atom is 0.248 e. The van der Waals surface area contributed by atoms with Gasteiger partial charge in [-0.2, -0.15) is 0 Å². The number of carbonyl (C=O) groups excluding carboxylic acids is 1. The Morgan fingerprint density at radius 3 is 2.93 bits per heavy atom. The van der Waals surface area contributed by atoms with Gasteiger partial charge >= 0.3 is 0 Å². The maximum atomic E-state index is 11.7. The van der Waals surface area contributed by atoms with E-state index < -0.39 is 0 Å². The fourth-order valence-corrected chi connectivity index (χ4v) is 4.75. The summed E-state index contributed by atoms with van der Waals surface area (Å²) in [6, 6.07) is 16.3. The van der Waals surface area contributed by atoms with Crippen LogP contribution < -0.4 is 15.4 Å². The molecule has 1 amide bonds. The third-order valence-corrected chi connectivity index (χ3v) is 7.03. The van der Waals surface area contributed by atoms with Crippen molar-refractivity contribution in [2.75, 3.05) is 64.3 Å². The number of carbonyl (C=O) groups is 1. The summed E-state index contributed by atoms with van der Waals surface area (Å²) in [5.41, 5.74) is 4.91. The van der Waals surface area contributed by atoms with Gasteiger partial charge in [0, 0.05) is 56.4 Å². The molecule has 0 radical (unpaired) electrons. The van der Waals surface area contributed by atoms with E-state index in [1.54, 1.807) is 11.1 Å². The zero-order valence-corrected chi connectivity index (χ0v) is 23.8. The zero-order chi connectivity index (χ0) is 28.6. The highest BCUT2D eigenvalue weighted by Crippen LogP contribution is 2.26. The number of hydrogen-bond donors (Lipinski definition) is 2. The van der Waals surface area contributed by atoms with Gasteiger partial charge < -0.3 is 20.3 Å². The normalized spacial score (nSPS) is 16.9. The number of anilines is 3. The third kappa shape index (κ3) is 7.69. The van der Waals surface area contributed by atoms with Crippen molar-refractivity contribution in [3.63, 3.8) is 0 Å². The number of hydrogen-bond acceptors (Lipinski definition) is 9. The SMILES string of the molecule is C=CC(=O)N1CN(N(C)CCNc2cc3cc(c2)Nc2nccc(n2)-c2cccc(c2)OCC/C=C/CN(C)C3)C1. The van der Waals surface area contributed by atoms with E-state index >= 15 is 0 Å². The van der Waals surface area contributed by atoms with Gasteiger partial charge in [-0.3, -0.25) is 9.69 Å². The van der Waals surface area contributed by atoms with E-state index in [-0.39, 0.29) is 5.91 Å². The summed E-state index contributed by atoms with van der Waals surface area (Å²) in [5, 5.41) is 11.3. The Bertz CT molecular complexity index is 1390. The molecule has 2 aliphatic heterocycles. The summed E-state index contributed by atoms with van der Waals surface area (Å²) in [6.45, 7) is 8.52. The van der Waals surface area contributed by atoms with E-state index in [0.717, 1.165) is 61.0 Å². The van der Waals surface area contributed by atoms with E-state index in [2.05, 4.69) is 74.5 Å². The molecule has 1 fully saturated rings. The van der Waals surface area contributed by atoms with Crippen LogP contribution in [0, 0.1) is 0 Å². The minimum absolute atomic E-state index is 0.0367. The molecule has 0 saturated carbocycles. The Hall–Kier alpha value is -4.25. The molecule has 2 aliphatic rings. The molecule has 5 rings (SSSR count). The first-order chi connectivity index (χ1) is 20.0. The Balaban J connectivity index is 1.32. The molecule has 0 aliphatic carbocycles. The molecule has 0 spiro atoms. The van der Waals surface area contributed by atoms with Crippen LogP contribution in [0.3, 0.4) is 0 Å². The quantitative estimate of drug-likeness (QED) is 0.344. The van der Waals surface area contributed by atoms with Crippen molar-refractivity contribution < 1.29 is 9.53 Å². The number of aromatic nitrogens is 2. The Morgan fingerprint density at radius 2 is 2.07 bits per heavy atom. The maximum absolute atomic E-state index is 11.7. The van der Waals surface area contributed by atoms with Gasteiger partial charge in [0.15, 0.2) is 0 Å². The van der Waals surface area contributed by atoms with Crippen LogP contribution in [0.2, 0.25) is 0 Å². The monoisotopic (exact) mass is 554 g/mol. The first-order valence-corrected chi connectivity index (χ1v) is 13.9. The lowest BCUT2D eigenvalue weighted by molar-refractivity contribution is -0.175. The molecule has 10 heteroatoms. The fraction of sp³-hybridized carbons (Fsp3) is 0.323. The number of amides is 1. The highest BCUT2D eigenvalue weighted by atomic mass is 16.5. The number of fused-ring (bicyclic) bond motifs is 7. The molecular formula is C31H38N8O2. The molecule has 0 atom stereocenters. The number of nitrogens with one attached hydrogen (secondary N) is 2. The summed E-state index contributed by atoms with van der Waals surface area (Å²) in [7, 11) is 4.15. The second-order valence-electron chi connectivity index (χ2n) is 10.3. The van der Waals surface area contributed by atoms with Crippen molar-refractivity contribution >= 4 is 23.2 Å². The smallest absolute Gasteiger partial charge is 0.248 e. The highest BCUT2D eigenvalue weighted by molar-refractivity contribution is 5.87. The van der Waals surface area contributed by atoms with Crippen molar-refractivity contribution in [2.45, 2.75) is 13.0 Å². The molecule has 1 saturated heterocycles. The van der Waals surface area contributed by atoms with Crippen molar-refractivity contribution in [1.82, 2.24) is 29.8 Å². The van der Waals surface area contributed by atoms with Crippen LogP contribution in [-0.2, 0) is 11.3 Å². The van der Waals surface area contributed by atoms with E-state index in [4.69, 9.17) is 9.72 Å². The minimum Gasteiger partial charge on any atom is -0.493 e. The third-order valence-electron chi connectivity index (χ3n) is 7.03. The van der Waals surface area contributed by atoms with Gasteiger partial charge in [-0.15, -0.1) is 0 Å². The predicted octanol–water partition coefficient (Wildman–Crippen LogP) is 4.16. The summed E-state index contributed by atoms with van der Waals surface area (Å²) < 4.78 is 5.97. The number of rotatable bonds is 6. The molecule has 0 unspecified atom stereocenters. The molecule has 1 aromatic heterocycles. The molecule has 2 N–H and O–H groups in total. The van der Waals surface area contributed by atoms with Gasteiger partial charge in [0.05, 0.1) is 25.6 Å². The first-order valence-electron chi connectivity index (χ1n) is 13.9. The van der Waals surface area contributed by atoms with Crippen LogP contribution in [0.15, 0.2) is 79.5 Å². The predicted molar refractivity (Wildman–Crippen MR) is 163 cm³/mol. The highest BCUT2D eigenvalue weighted by Gasteiger charge is 2.29. The average molecular weight is 555 g/mol. The van der Waals surface area contributed by atoms with Gasteiger partial charge in [-0.1, -0.05) is 30.9 Å². The molecule has 6 bridgehead atoms. The van der Waals surface area contributed by atoms with Gasteiger partial charge in [0.1, 0.15) is 5.75 Å². The lowest BCUT2D eigenvalue weighted by Gasteiger charge is -2.46. The first kappa shape index (κ1) is 28.3. The second kappa shape index (κ2) is 13.4. The van der Waals surface area contributed by atoms with Gasteiger partial charge in [-0.25, -0.2) is 20.0 Å². The van der Waals surface area contributed by atoms with Gasteiger partial charge in [-0.05, 0) is 61.5 Å². The number of hydrazine groups is 1. The molecular weight excluding hydrogens is 516 g/mol. The van der Waals surface area contributed by atoms with Gasteiger partial charge in [0.2, 0.25) is 11.9 Å². The van der Waals surface area contributed by atoms with Crippen molar-refractivity contribution in [2.24, 2.45) is 0 Å². The molecule has 10 nitrogen and oxygen atoms in total. The van der Waals surface area contributed by atoms with E-state index in [1.807, 2.05) is 37.4 Å². The van der Waals surface area contributed by atoms with Crippen LogP contribution in [-0.4, -0.2) is 89.4 Å². The topological polar surface area (TPSA) is 89.1 Å². The van der Waals surface area contributed by atoms with E-state index in [0.29, 0.717) is 25.9 Å². The molecule has 3 heterocycles. The van der Waals surface area contributed by atoms with Crippen molar-refractivity contribution in [1.29, 1.82) is 0 Å². The van der Waals surface area contributed by atoms with Crippen molar-refractivity contribution in [3.05, 3.63) is 85.1 Å². The molecule has 3 aromatic rings. The summed E-state index contributed by atoms with van der Waals surface area (Å²) in [5.74, 6) is 1.32. The summed E-state index contributed by atoms with van der Waals surface area (Å²) in [4.78, 5) is 25.0. The summed E-state index contributed by atoms with van der Waals surface area (Å²) >= 11 is 0. The lowest BCUT2D eigenvalue weighted by Crippen LogP contribution is -2.62. The number of benzene rings is 2. The molecule has 41 heavy (non-hydrogen) atoms. The number of likely N-dealkylation sites (N-methyl/N-ethyl adjacent to an activating group) is 2. The lowest BCUT2D eigenvalue weighted by atomic mass is 10.1. The fourth-order valence-electron chi connectivity index (χ4n) is 4.75.